The van der Waals surface area contributed by atoms with Crippen LogP contribution in [-0.4, -0.2) is 16.1 Å². The molecule has 0 bridgehead atoms. The zero-order valence-electron chi connectivity index (χ0n) is 8.60. The third-order valence-corrected chi connectivity index (χ3v) is 3.28. The van der Waals surface area contributed by atoms with E-state index in [0.29, 0.717) is 6.04 Å². The molecule has 2 atom stereocenters. The first kappa shape index (κ1) is 9.71. The van der Waals surface area contributed by atoms with E-state index in [0.717, 1.165) is 12.5 Å². The summed E-state index contributed by atoms with van der Waals surface area (Å²) < 4.78 is 2.25. The monoisotopic (exact) mass is 193 g/mol. The lowest BCUT2D eigenvalue weighted by Crippen LogP contribution is -2.20. The second-order valence-electron chi connectivity index (χ2n) is 4.27. The van der Waals surface area contributed by atoms with Crippen LogP contribution in [0.5, 0.6) is 0 Å². The molecule has 1 aromatic heterocycles. The lowest BCUT2D eigenvalue weighted by molar-refractivity contribution is 0.258. The van der Waals surface area contributed by atoms with Gasteiger partial charge in [0.05, 0.1) is 6.33 Å². The highest BCUT2D eigenvalue weighted by molar-refractivity contribution is 4.84. The van der Waals surface area contributed by atoms with Crippen molar-refractivity contribution in [1.29, 1.82) is 0 Å². The Bertz CT molecular complexity index is 254. The van der Waals surface area contributed by atoms with Gasteiger partial charge in [-0.25, -0.2) is 4.98 Å². The summed E-state index contributed by atoms with van der Waals surface area (Å²) in [5.41, 5.74) is 5.60. The highest BCUT2D eigenvalue weighted by atomic mass is 15.0. The van der Waals surface area contributed by atoms with Crippen LogP contribution in [0, 0.1) is 5.92 Å². The fourth-order valence-electron chi connectivity index (χ4n) is 2.52. The van der Waals surface area contributed by atoms with Crippen molar-refractivity contribution in [3.63, 3.8) is 0 Å². The summed E-state index contributed by atoms with van der Waals surface area (Å²) >= 11 is 0. The Morgan fingerprint density at radius 2 is 2.36 bits per heavy atom. The smallest absolute Gasteiger partial charge is 0.0948 e. The molecule has 0 aliphatic heterocycles. The van der Waals surface area contributed by atoms with Crippen LogP contribution in [-0.2, 0) is 0 Å². The van der Waals surface area contributed by atoms with Crippen molar-refractivity contribution in [3.8, 4) is 0 Å². The van der Waals surface area contributed by atoms with Gasteiger partial charge in [-0.15, -0.1) is 0 Å². The van der Waals surface area contributed by atoms with Crippen LogP contribution in [0.3, 0.4) is 0 Å². The van der Waals surface area contributed by atoms with Gasteiger partial charge in [0.1, 0.15) is 0 Å². The summed E-state index contributed by atoms with van der Waals surface area (Å²) in [5, 5.41) is 0. The molecule has 1 heterocycles. The van der Waals surface area contributed by atoms with Crippen molar-refractivity contribution in [2.45, 2.75) is 38.1 Å². The van der Waals surface area contributed by atoms with Crippen molar-refractivity contribution < 1.29 is 0 Å². The minimum Gasteiger partial charge on any atom is -0.334 e. The molecule has 1 fully saturated rings. The Morgan fingerprint density at radius 1 is 1.43 bits per heavy atom. The number of imidazole rings is 1. The van der Waals surface area contributed by atoms with Gasteiger partial charge in [-0.2, -0.15) is 0 Å². The van der Waals surface area contributed by atoms with Crippen molar-refractivity contribution in [2.24, 2.45) is 11.7 Å². The van der Waals surface area contributed by atoms with E-state index in [-0.39, 0.29) is 0 Å². The van der Waals surface area contributed by atoms with Gasteiger partial charge >= 0.3 is 0 Å². The lowest BCUT2D eigenvalue weighted by atomic mass is 9.84. The van der Waals surface area contributed by atoms with Crippen molar-refractivity contribution >= 4 is 0 Å². The van der Waals surface area contributed by atoms with Crippen LogP contribution in [0.4, 0.5) is 0 Å². The van der Waals surface area contributed by atoms with Gasteiger partial charge in [-0.05, 0) is 31.7 Å². The quantitative estimate of drug-likeness (QED) is 0.797. The van der Waals surface area contributed by atoms with Gasteiger partial charge in [0.25, 0.3) is 0 Å². The Hall–Kier alpha value is -0.830. The second-order valence-corrected chi connectivity index (χ2v) is 4.27. The van der Waals surface area contributed by atoms with Crippen molar-refractivity contribution in [2.75, 3.05) is 6.54 Å². The molecule has 78 valence electrons. The SMILES string of the molecule is NCCC1CCCC(n2ccnc2)C1. The van der Waals surface area contributed by atoms with Gasteiger partial charge in [0, 0.05) is 18.4 Å². The predicted octanol–water partition coefficient (Wildman–Crippen LogP) is 1.96. The summed E-state index contributed by atoms with van der Waals surface area (Å²) in [7, 11) is 0. The third kappa shape index (κ3) is 2.15. The zero-order valence-corrected chi connectivity index (χ0v) is 8.60. The molecule has 1 aliphatic rings. The molecular formula is C11H19N3. The van der Waals surface area contributed by atoms with Crippen LogP contribution in [0.1, 0.15) is 38.1 Å². The van der Waals surface area contributed by atoms with Crippen LogP contribution in [0.2, 0.25) is 0 Å². The number of rotatable bonds is 3. The Morgan fingerprint density at radius 3 is 3.07 bits per heavy atom. The van der Waals surface area contributed by atoms with Gasteiger partial charge in [0.2, 0.25) is 0 Å². The highest BCUT2D eigenvalue weighted by Crippen LogP contribution is 2.33. The molecule has 3 heteroatoms. The number of hydrogen-bond donors (Lipinski definition) is 1. The van der Waals surface area contributed by atoms with Gasteiger partial charge in [-0.3, -0.25) is 0 Å². The number of aromatic nitrogens is 2. The number of hydrogen-bond acceptors (Lipinski definition) is 2. The zero-order chi connectivity index (χ0) is 9.80. The molecule has 0 radical (unpaired) electrons. The van der Waals surface area contributed by atoms with E-state index >= 15 is 0 Å². The van der Waals surface area contributed by atoms with E-state index < -0.39 is 0 Å². The minimum absolute atomic E-state index is 0.669. The molecule has 1 saturated carbocycles. The van der Waals surface area contributed by atoms with E-state index in [9.17, 15) is 0 Å². The molecule has 1 aromatic rings. The van der Waals surface area contributed by atoms with E-state index in [4.69, 9.17) is 5.73 Å². The maximum Gasteiger partial charge on any atom is 0.0948 e. The minimum atomic E-state index is 0.669. The Labute approximate surface area is 85.3 Å². The summed E-state index contributed by atoms with van der Waals surface area (Å²) in [6.45, 7) is 0.835. The number of nitrogens with zero attached hydrogens (tertiary/aromatic N) is 2. The van der Waals surface area contributed by atoms with Crippen LogP contribution in [0.15, 0.2) is 18.7 Å². The van der Waals surface area contributed by atoms with Crippen molar-refractivity contribution in [3.05, 3.63) is 18.7 Å². The molecule has 0 spiro atoms. The first-order valence-electron chi connectivity index (χ1n) is 5.57. The topological polar surface area (TPSA) is 43.8 Å². The lowest BCUT2D eigenvalue weighted by Gasteiger charge is -2.29. The molecular weight excluding hydrogens is 174 g/mol. The molecule has 2 rings (SSSR count). The van der Waals surface area contributed by atoms with Gasteiger partial charge < -0.3 is 10.3 Å². The second kappa shape index (κ2) is 4.60. The predicted molar refractivity (Wildman–Crippen MR) is 56.9 cm³/mol. The average molecular weight is 193 g/mol. The molecule has 2 N–H and O–H groups in total. The first-order chi connectivity index (χ1) is 6.90. The third-order valence-electron chi connectivity index (χ3n) is 3.28. The van der Waals surface area contributed by atoms with Gasteiger partial charge in [-0.1, -0.05) is 12.8 Å². The average Bonchev–Trinajstić information content (AvgIpc) is 2.71. The maximum atomic E-state index is 5.60. The summed E-state index contributed by atoms with van der Waals surface area (Å²) in [6, 6.07) is 0.669. The van der Waals surface area contributed by atoms with E-state index in [1.54, 1.807) is 0 Å². The fraction of sp³-hybridized carbons (Fsp3) is 0.727. The Kier molecular flexibility index (Phi) is 3.19. The molecule has 14 heavy (non-hydrogen) atoms. The van der Waals surface area contributed by atoms with E-state index in [1.807, 2.05) is 12.5 Å². The van der Waals surface area contributed by atoms with E-state index in [1.165, 1.54) is 32.1 Å². The molecule has 3 nitrogen and oxygen atoms in total. The molecule has 0 amide bonds. The van der Waals surface area contributed by atoms with Crippen molar-refractivity contribution in [1.82, 2.24) is 9.55 Å². The van der Waals surface area contributed by atoms with Crippen LogP contribution in [0.25, 0.3) is 0 Å². The Balaban J connectivity index is 1.94. The molecule has 1 aliphatic carbocycles. The highest BCUT2D eigenvalue weighted by Gasteiger charge is 2.21. The van der Waals surface area contributed by atoms with E-state index in [2.05, 4.69) is 15.7 Å². The van der Waals surface area contributed by atoms with Crippen LogP contribution < -0.4 is 5.73 Å². The summed E-state index contributed by atoms with van der Waals surface area (Å²) in [4.78, 5) is 4.11. The summed E-state index contributed by atoms with van der Waals surface area (Å²) in [5.74, 6) is 0.834. The largest absolute Gasteiger partial charge is 0.334 e. The summed E-state index contributed by atoms with van der Waals surface area (Å²) in [6.07, 6.45) is 12.4. The standard InChI is InChI=1S/C11H19N3/c12-5-4-10-2-1-3-11(8-10)14-7-6-13-9-14/h6-7,9-11H,1-5,8,12H2. The number of nitrogens with two attached hydrogens (primary N) is 1. The fourth-order valence-corrected chi connectivity index (χ4v) is 2.52. The van der Waals surface area contributed by atoms with Gasteiger partial charge in [0.15, 0.2) is 0 Å². The first-order valence-corrected chi connectivity index (χ1v) is 5.57. The normalized spacial score (nSPS) is 27.8. The van der Waals surface area contributed by atoms with Crippen LogP contribution >= 0.6 is 0 Å². The maximum absolute atomic E-state index is 5.60. The molecule has 2 unspecified atom stereocenters. The molecule has 0 aromatic carbocycles. The molecule has 0 saturated heterocycles.